The third-order valence-electron chi connectivity index (χ3n) is 5.67. The Morgan fingerprint density at radius 3 is 2.41 bits per heavy atom. The van der Waals surface area contributed by atoms with Gasteiger partial charge in [0.2, 0.25) is 5.91 Å². The first-order valence-corrected chi connectivity index (χ1v) is 11.5. The zero-order chi connectivity index (χ0) is 22.5. The average molecular weight is 452 g/mol. The van der Waals surface area contributed by atoms with Crippen LogP contribution in [0.4, 0.5) is 4.39 Å². The predicted octanol–water partition coefficient (Wildman–Crippen LogP) is 3.88. The fourth-order valence-corrected chi connectivity index (χ4v) is 4.80. The highest BCUT2D eigenvalue weighted by molar-refractivity contribution is 7.09. The smallest absolute Gasteiger partial charge is 0.308 e. The number of benzene rings is 2. The molecule has 2 aromatic carbocycles. The Balaban J connectivity index is 1.36. The molecule has 0 atom stereocenters. The van der Waals surface area contributed by atoms with Gasteiger partial charge in [0, 0.05) is 37.6 Å². The van der Waals surface area contributed by atoms with Gasteiger partial charge in [-0.3, -0.25) is 19.1 Å². The minimum Gasteiger partial charge on any atom is -0.339 e. The number of carbonyl (C=O) groups excluding carboxylic acids is 1. The Labute approximate surface area is 191 Å². The second-order valence-electron chi connectivity index (χ2n) is 7.86. The van der Waals surface area contributed by atoms with Gasteiger partial charge in [0.1, 0.15) is 12.4 Å². The van der Waals surface area contributed by atoms with Crippen LogP contribution in [0.2, 0.25) is 0 Å². The summed E-state index contributed by atoms with van der Waals surface area (Å²) >= 11 is 1.12. The summed E-state index contributed by atoms with van der Waals surface area (Å²) in [5.74, 6) is -0.393. The zero-order valence-corrected chi connectivity index (χ0v) is 18.9. The van der Waals surface area contributed by atoms with Crippen molar-refractivity contribution in [3.05, 3.63) is 86.6 Å². The lowest BCUT2D eigenvalue weighted by molar-refractivity contribution is -0.133. The van der Waals surface area contributed by atoms with Crippen LogP contribution in [0.1, 0.15) is 10.4 Å². The lowest BCUT2D eigenvalue weighted by Gasteiger charge is -2.34. The van der Waals surface area contributed by atoms with E-state index in [-0.39, 0.29) is 23.1 Å². The number of rotatable bonds is 6. The number of aromatic nitrogens is 1. The van der Waals surface area contributed by atoms with E-state index in [1.807, 2.05) is 30.0 Å². The van der Waals surface area contributed by atoms with Crippen LogP contribution in [0.3, 0.4) is 0 Å². The maximum absolute atomic E-state index is 13.3. The number of carbonyl (C=O) groups is 1. The molecular weight excluding hydrogens is 425 g/mol. The van der Waals surface area contributed by atoms with Crippen LogP contribution in [-0.4, -0.2) is 53.0 Å². The van der Waals surface area contributed by atoms with Crippen molar-refractivity contribution in [3.63, 3.8) is 0 Å². The summed E-state index contributed by atoms with van der Waals surface area (Å²) in [6.45, 7) is 5.58. The van der Waals surface area contributed by atoms with Gasteiger partial charge in [-0.15, -0.1) is 0 Å². The molecule has 2 heterocycles. The summed E-state index contributed by atoms with van der Waals surface area (Å²) in [5, 5.41) is 0. The molecule has 1 amide bonds. The molecule has 1 fully saturated rings. The Morgan fingerprint density at radius 1 is 1.03 bits per heavy atom. The number of hydrogen-bond acceptors (Lipinski definition) is 4. The molecule has 32 heavy (non-hydrogen) atoms. The van der Waals surface area contributed by atoms with Crippen molar-refractivity contribution in [2.24, 2.45) is 0 Å². The first-order chi connectivity index (χ1) is 15.5. The number of nitrogens with zero attached hydrogens (tertiary/aromatic N) is 3. The molecule has 0 N–H and O–H groups in total. The molecule has 1 saturated heterocycles. The molecule has 3 aromatic rings. The van der Waals surface area contributed by atoms with Crippen LogP contribution in [0.5, 0.6) is 0 Å². The second kappa shape index (κ2) is 10.1. The lowest BCUT2D eigenvalue weighted by atomic mass is 10.1. The summed E-state index contributed by atoms with van der Waals surface area (Å²) < 4.78 is 14.8. The van der Waals surface area contributed by atoms with Gasteiger partial charge in [-0.2, -0.15) is 0 Å². The van der Waals surface area contributed by atoms with Crippen molar-refractivity contribution in [1.29, 1.82) is 0 Å². The molecule has 1 aliphatic heterocycles. The molecule has 4 rings (SSSR count). The largest absolute Gasteiger partial charge is 0.339 e. The first kappa shape index (κ1) is 22.2. The van der Waals surface area contributed by atoms with Gasteiger partial charge in [-0.25, -0.2) is 4.39 Å². The standard InChI is InChI=1S/C25H26FN3O2S/c1-19-24(21-9-11-22(26)12-10-21)29(25(31)32-19)18-23(30)28-16-14-27(15-17-28)13-5-8-20-6-3-2-4-7-20/h2-12H,13-18H2,1H3. The molecule has 0 aliphatic carbocycles. The predicted molar refractivity (Wildman–Crippen MR) is 127 cm³/mol. The van der Waals surface area contributed by atoms with E-state index in [1.54, 1.807) is 12.1 Å². The number of amides is 1. The highest BCUT2D eigenvalue weighted by Crippen LogP contribution is 2.25. The van der Waals surface area contributed by atoms with Crippen LogP contribution in [-0.2, 0) is 11.3 Å². The number of hydrogen-bond donors (Lipinski definition) is 0. The molecular formula is C25H26FN3O2S. The molecule has 0 unspecified atom stereocenters. The van der Waals surface area contributed by atoms with E-state index in [0.29, 0.717) is 18.8 Å². The van der Waals surface area contributed by atoms with Gasteiger partial charge >= 0.3 is 4.87 Å². The Kier molecular flexibility index (Phi) is 6.97. The van der Waals surface area contributed by atoms with Gasteiger partial charge in [0.25, 0.3) is 0 Å². The van der Waals surface area contributed by atoms with Gasteiger partial charge in [0.05, 0.1) is 5.69 Å². The molecule has 7 heteroatoms. The highest BCUT2D eigenvalue weighted by Gasteiger charge is 2.23. The minimum absolute atomic E-state index is 0.00376. The summed E-state index contributed by atoms with van der Waals surface area (Å²) in [4.78, 5) is 30.3. The first-order valence-electron chi connectivity index (χ1n) is 10.7. The zero-order valence-electron chi connectivity index (χ0n) is 18.0. The number of thiazole rings is 1. The van der Waals surface area contributed by atoms with Gasteiger partial charge < -0.3 is 4.90 Å². The SMILES string of the molecule is Cc1sc(=O)n(CC(=O)N2CCN(CC=Cc3ccccc3)CC2)c1-c1ccc(F)cc1. The monoisotopic (exact) mass is 451 g/mol. The number of piperazine rings is 1. The van der Waals surface area contributed by atoms with E-state index in [1.165, 1.54) is 22.3 Å². The van der Waals surface area contributed by atoms with Crippen molar-refractivity contribution in [2.45, 2.75) is 13.5 Å². The maximum atomic E-state index is 13.3. The molecule has 5 nitrogen and oxygen atoms in total. The van der Waals surface area contributed by atoms with Crippen LogP contribution in [0, 0.1) is 12.7 Å². The van der Waals surface area contributed by atoms with E-state index >= 15 is 0 Å². The molecule has 166 valence electrons. The maximum Gasteiger partial charge on any atom is 0.308 e. The quantitative estimate of drug-likeness (QED) is 0.571. The van der Waals surface area contributed by atoms with E-state index < -0.39 is 0 Å². The lowest BCUT2D eigenvalue weighted by Crippen LogP contribution is -2.49. The second-order valence-corrected chi connectivity index (χ2v) is 9.03. The topological polar surface area (TPSA) is 45.6 Å². The normalized spacial score (nSPS) is 14.9. The van der Waals surface area contributed by atoms with Gasteiger partial charge in [0.15, 0.2) is 0 Å². The van der Waals surface area contributed by atoms with Crippen LogP contribution in [0.15, 0.2) is 65.5 Å². The minimum atomic E-state index is -0.330. The average Bonchev–Trinajstić information content (AvgIpc) is 3.08. The third-order valence-corrected chi connectivity index (χ3v) is 6.57. The van der Waals surface area contributed by atoms with Gasteiger partial charge in [-0.1, -0.05) is 53.8 Å². The molecule has 0 saturated carbocycles. The van der Waals surface area contributed by atoms with Crippen molar-refractivity contribution in [1.82, 2.24) is 14.4 Å². The molecule has 0 radical (unpaired) electrons. The van der Waals surface area contributed by atoms with Gasteiger partial charge in [-0.05, 0) is 42.3 Å². The summed E-state index contributed by atoms with van der Waals surface area (Å²) in [7, 11) is 0. The van der Waals surface area contributed by atoms with E-state index in [0.717, 1.165) is 41.4 Å². The summed E-state index contributed by atoms with van der Waals surface area (Å²) in [6, 6.07) is 16.2. The van der Waals surface area contributed by atoms with Crippen molar-refractivity contribution < 1.29 is 9.18 Å². The van der Waals surface area contributed by atoms with Crippen LogP contribution < -0.4 is 4.87 Å². The van der Waals surface area contributed by atoms with Crippen molar-refractivity contribution >= 4 is 23.3 Å². The summed E-state index contributed by atoms with van der Waals surface area (Å²) in [5.41, 5.74) is 2.61. The molecule has 1 aromatic heterocycles. The fourth-order valence-electron chi connectivity index (χ4n) is 3.94. The van der Waals surface area contributed by atoms with Crippen molar-refractivity contribution in [2.75, 3.05) is 32.7 Å². The Hall–Kier alpha value is -3.03. The van der Waals surface area contributed by atoms with E-state index in [4.69, 9.17) is 0 Å². The van der Waals surface area contributed by atoms with E-state index in [9.17, 15) is 14.0 Å². The van der Waals surface area contributed by atoms with Crippen molar-refractivity contribution in [3.8, 4) is 11.3 Å². The fraction of sp³-hybridized carbons (Fsp3) is 0.280. The highest BCUT2D eigenvalue weighted by atomic mass is 32.1. The molecule has 1 aliphatic rings. The van der Waals surface area contributed by atoms with Crippen LogP contribution >= 0.6 is 11.3 Å². The molecule has 0 spiro atoms. The number of halogens is 1. The van der Waals surface area contributed by atoms with Crippen LogP contribution in [0.25, 0.3) is 17.3 Å². The third kappa shape index (κ3) is 5.23. The Bertz CT molecular complexity index is 1140. The number of aryl methyl sites for hydroxylation is 1. The summed E-state index contributed by atoms with van der Waals surface area (Å²) in [6.07, 6.45) is 4.26. The Morgan fingerprint density at radius 2 is 1.72 bits per heavy atom. The van der Waals surface area contributed by atoms with E-state index in [2.05, 4.69) is 29.2 Å². The molecule has 0 bridgehead atoms.